The van der Waals surface area contributed by atoms with Crippen LogP contribution >= 0.6 is 11.8 Å². The number of aromatic nitrogens is 1. The molecule has 0 saturated carbocycles. The van der Waals surface area contributed by atoms with Gasteiger partial charge in [0.25, 0.3) is 0 Å². The van der Waals surface area contributed by atoms with Crippen LogP contribution in [0.15, 0.2) is 30.5 Å². The van der Waals surface area contributed by atoms with Gasteiger partial charge in [-0.15, -0.1) is 0 Å². The molecule has 2 nitrogen and oxygen atoms in total. The average molecular weight is 305 g/mol. The number of para-hydroxylation sites is 1. The maximum absolute atomic E-state index is 3.53. The molecular weight excluding hydrogens is 276 g/mol. The van der Waals surface area contributed by atoms with Crippen molar-refractivity contribution in [2.24, 2.45) is 5.92 Å². The average Bonchev–Trinajstić information content (AvgIpc) is 2.83. The number of rotatable bonds is 9. The van der Waals surface area contributed by atoms with Gasteiger partial charge in [-0.25, -0.2) is 0 Å². The van der Waals surface area contributed by atoms with Gasteiger partial charge in [0, 0.05) is 29.4 Å². The van der Waals surface area contributed by atoms with Crippen molar-refractivity contribution in [2.75, 3.05) is 25.1 Å². The SMILES string of the molecule is CSCCn1cc(CCCNCC(C)C)c2ccccc21. The number of nitrogens with one attached hydrogen (secondary N) is 1. The van der Waals surface area contributed by atoms with Crippen LogP contribution in [0.25, 0.3) is 10.9 Å². The lowest BCUT2D eigenvalue weighted by Gasteiger charge is -2.06. The van der Waals surface area contributed by atoms with Gasteiger partial charge in [0.2, 0.25) is 0 Å². The van der Waals surface area contributed by atoms with E-state index in [0.717, 1.165) is 32.0 Å². The molecular formula is C18H28N2S. The fourth-order valence-corrected chi connectivity index (χ4v) is 3.07. The first-order valence-electron chi connectivity index (χ1n) is 7.98. The molecule has 2 aromatic rings. The van der Waals surface area contributed by atoms with E-state index in [4.69, 9.17) is 0 Å². The second-order valence-electron chi connectivity index (χ2n) is 6.06. The standard InChI is InChI=1S/C18H28N2S/c1-15(2)13-19-10-6-7-16-14-20(11-12-21-3)18-9-5-4-8-17(16)18/h4-5,8-9,14-15,19H,6-7,10-13H2,1-3H3. The Bertz CT molecular complexity index is 545. The number of fused-ring (bicyclic) bond motifs is 1. The quantitative estimate of drug-likeness (QED) is 0.700. The molecule has 1 heterocycles. The van der Waals surface area contributed by atoms with Gasteiger partial charge < -0.3 is 9.88 Å². The Balaban J connectivity index is 1.98. The summed E-state index contributed by atoms with van der Waals surface area (Å²) in [5.74, 6) is 1.91. The highest BCUT2D eigenvalue weighted by molar-refractivity contribution is 7.98. The Hall–Kier alpha value is -0.930. The zero-order chi connectivity index (χ0) is 15.1. The Morgan fingerprint density at radius 1 is 1.24 bits per heavy atom. The Kier molecular flexibility index (Phi) is 6.65. The monoisotopic (exact) mass is 304 g/mol. The predicted octanol–water partition coefficient (Wildman–Crippen LogP) is 4.18. The van der Waals surface area contributed by atoms with Gasteiger partial charge in [0.05, 0.1) is 0 Å². The fraction of sp³-hybridized carbons (Fsp3) is 0.556. The van der Waals surface area contributed by atoms with Gasteiger partial charge in [-0.05, 0) is 49.7 Å². The summed E-state index contributed by atoms with van der Waals surface area (Å²) in [4.78, 5) is 0. The van der Waals surface area contributed by atoms with Crippen LogP contribution in [-0.4, -0.2) is 29.7 Å². The predicted molar refractivity (Wildman–Crippen MR) is 96.3 cm³/mol. The molecule has 0 amide bonds. The molecule has 1 N–H and O–H groups in total. The lowest BCUT2D eigenvalue weighted by atomic mass is 10.1. The van der Waals surface area contributed by atoms with Crippen molar-refractivity contribution >= 4 is 22.7 Å². The van der Waals surface area contributed by atoms with E-state index in [1.54, 1.807) is 0 Å². The maximum atomic E-state index is 3.53. The zero-order valence-corrected chi connectivity index (χ0v) is 14.4. The van der Waals surface area contributed by atoms with Crippen LogP contribution < -0.4 is 5.32 Å². The van der Waals surface area contributed by atoms with E-state index in [9.17, 15) is 0 Å². The largest absolute Gasteiger partial charge is 0.346 e. The summed E-state index contributed by atoms with van der Waals surface area (Å²) >= 11 is 1.91. The van der Waals surface area contributed by atoms with Gasteiger partial charge in [-0.1, -0.05) is 32.0 Å². The number of aryl methyl sites for hydroxylation is 2. The van der Waals surface area contributed by atoms with Crippen LogP contribution in [0.2, 0.25) is 0 Å². The minimum absolute atomic E-state index is 0.735. The molecule has 0 unspecified atom stereocenters. The summed E-state index contributed by atoms with van der Waals surface area (Å²) in [5, 5.41) is 4.97. The summed E-state index contributed by atoms with van der Waals surface area (Å²) in [6.07, 6.45) is 6.91. The number of hydrogen-bond acceptors (Lipinski definition) is 2. The highest BCUT2D eigenvalue weighted by Gasteiger charge is 2.07. The smallest absolute Gasteiger partial charge is 0.0483 e. The summed E-state index contributed by atoms with van der Waals surface area (Å²) in [5.41, 5.74) is 2.88. The third kappa shape index (κ3) is 4.79. The molecule has 0 aliphatic heterocycles. The zero-order valence-electron chi connectivity index (χ0n) is 13.6. The molecule has 116 valence electrons. The van der Waals surface area contributed by atoms with Crippen molar-refractivity contribution in [3.63, 3.8) is 0 Å². The van der Waals surface area contributed by atoms with Gasteiger partial charge in [-0.2, -0.15) is 11.8 Å². The van der Waals surface area contributed by atoms with Crippen LogP contribution in [0.3, 0.4) is 0 Å². The van der Waals surface area contributed by atoms with E-state index in [2.05, 4.69) is 60.4 Å². The van der Waals surface area contributed by atoms with Gasteiger partial charge >= 0.3 is 0 Å². The lowest BCUT2D eigenvalue weighted by molar-refractivity contribution is 0.543. The van der Waals surface area contributed by atoms with Gasteiger partial charge in [0.15, 0.2) is 0 Å². The lowest BCUT2D eigenvalue weighted by Crippen LogP contribution is -2.21. The van der Waals surface area contributed by atoms with E-state index < -0.39 is 0 Å². The Labute approximate surface area is 133 Å². The Morgan fingerprint density at radius 3 is 2.81 bits per heavy atom. The van der Waals surface area contributed by atoms with Crippen LogP contribution in [0.5, 0.6) is 0 Å². The summed E-state index contributed by atoms with van der Waals surface area (Å²) in [6.45, 7) is 7.85. The Morgan fingerprint density at radius 2 is 2.05 bits per heavy atom. The van der Waals surface area contributed by atoms with E-state index in [1.807, 2.05) is 11.8 Å². The molecule has 0 bridgehead atoms. The molecule has 0 radical (unpaired) electrons. The molecule has 0 spiro atoms. The summed E-state index contributed by atoms with van der Waals surface area (Å²) in [6, 6.07) is 8.81. The normalized spacial score (nSPS) is 11.6. The van der Waals surface area contributed by atoms with Crippen molar-refractivity contribution < 1.29 is 0 Å². The molecule has 1 aromatic carbocycles. The van der Waals surface area contributed by atoms with E-state index in [1.165, 1.54) is 28.6 Å². The molecule has 2 rings (SSSR count). The number of thioether (sulfide) groups is 1. The molecule has 0 fully saturated rings. The molecule has 0 saturated heterocycles. The van der Waals surface area contributed by atoms with Gasteiger partial charge in [0.1, 0.15) is 0 Å². The molecule has 0 atom stereocenters. The van der Waals surface area contributed by atoms with Crippen molar-refractivity contribution in [3.8, 4) is 0 Å². The van der Waals surface area contributed by atoms with Crippen molar-refractivity contribution in [2.45, 2.75) is 33.2 Å². The molecule has 3 heteroatoms. The highest BCUT2D eigenvalue weighted by atomic mass is 32.2. The highest BCUT2D eigenvalue weighted by Crippen LogP contribution is 2.22. The summed E-state index contributed by atoms with van der Waals surface area (Å²) < 4.78 is 2.42. The van der Waals surface area contributed by atoms with Crippen LogP contribution in [0.4, 0.5) is 0 Å². The minimum Gasteiger partial charge on any atom is -0.346 e. The van der Waals surface area contributed by atoms with Crippen LogP contribution in [0.1, 0.15) is 25.8 Å². The minimum atomic E-state index is 0.735. The molecule has 21 heavy (non-hydrogen) atoms. The van der Waals surface area contributed by atoms with Gasteiger partial charge in [-0.3, -0.25) is 0 Å². The molecule has 1 aromatic heterocycles. The molecule has 0 aliphatic rings. The molecule has 0 aliphatic carbocycles. The third-order valence-electron chi connectivity index (χ3n) is 3.76. The summed E-state index contributed by atoms with van der Waals surface area (Å²) in [7, 11) is 0. The van der Waals surface area contributed by atoms with Crippen molar-refractivity contribution in [3.05, 3.63) is 36.0 Å². The maximum Gasteiger partial charge on any atom is 0.0483 e. The fourth-order valence-electron chi connectivity index (χ4n) is 2.69. The number of hydrogen-bond donors (Lipinski definition) is 1. The number of nitrogens with zero attached hydrogens (tertiary/aromatic N) is 1. The second-order valence-corrected chi connectivity index (χ2v) is 7.04. The first kappa shape index (κ1) is 16.4. The van der Waals surface area contributed by atoms with Crippen LogP contribution in [-0.2, 0) is 13.0 Å². The van der Waals surface area contributed by atoms with Crippen molar-refractivity contribution in [1.29, 1.82) is 0 Å². The first-order chi connectivity index (χ1) is 10.2. The topological polar surface area (TPSA) is 17.0 Å². The van der Waals surface area contributed by atoms with E-state index >= 15 is 0 Å². The number of benzene rings is 1. The first-order valence-corrected chi connectivity index (χ1v) is 9.38. The van der Waals surface area contributed by atoms with E-state index in [0.29, 0.717) is 0 Å². The van der Waals surface area contributed by atoms with E-state index in [-0.39, 0.29) is 0 Å². The van der Waals surface area contributed by atoms with Crippen LogP contribution in [0, 0.1) is 5.92 Å². The van der Waals surface area contributed by atoms with Crippen molar-refractivity contribution in [1.82, 2.24) is 9.88 Å². The third-order valence-corrected chi connectivity index (χ3v) is 4.35. The second kappa shape index (κ2) is 8.50.